The molecule has 0 N–H and O–H groups in total. The summed E-state index contributed by atoms with van der Waals surface area (Å²) >= 11 is 0. The highest BCUT2D eigenvalue weighted by atomic mass is 32.2. The van der Waals surface area contributed by atoms with Crippen LogP contribution in [-0.2, 0) is 14.8 Å². The first-order chi connectivity index (χ1) is 9.70. The second-order valence-corrected chi connectivity index (χ2v) is 7.49. The molecule has 0 fully saturated rings. The van der Waals surface area contributed by atoms with E-state index < -0.39 is 15.8 Å². The molecule has 0 amide bonds. The average Bonchev–Trinajstić information content (AvgIpc) is 2.32. The van der Waals surface area contributed by atoms with Crippen LogP contribution in [0, 0.1) is 25.6 Å². The molecule has 0 radical (unpaired) electrons. The number of sulfonamides is 1. The highest BCUT2D eigenvalue weighted by Gasteiger charge is 2.28. The molecule has 120 valence electrons. The average molecular weight is 317 g/mol. The Bertz CT molecular complexity index is 562. The topological polar surface area (TPSA) is 46.6 Å². The fraction of sp³-hybridized carbons (Fsp3) is 0.600. The van der Waals surface area contributed by atoms with Gasteiger partial charge < -0.3 is 4.74 Å². The number of halogens is 1. The van der Waals surface area contributed by atoms with Gasteiger partial charge in [0.25, 0.3) is 0 Å². The lowest BCUT2D eigenvalue weighted by molar-refractivity contribution is 0.175. The van der Waals surface area contributed by atoms with Crippen molar-refractivity contribution in [2.24, 2.45) is 5.92 Å². The Morgan fingerprint density at radius 2 is 1.76 bits per heavy atom. The van der Waals surface area contributed by atoms with Gasteiger partial charge >= 0.3 is 0 Å². The van der Waals surface area contributed by atoms with Crippen molar-refractivity contribution in [3.8, 4) is 0 Å². The molecule has 0 saturated carbocycles. The van der Waals surface area contributed by atoms with E-state index in [9.17, 15) is 12.8 Å². The van der Waals surface area contributed by atoms with E-state index >= 15 is 0 Å². The second kappa shape index (κ2) is 7.33. The molecule has 1 aromatic carbocycles. The summed E-state index contributed by atoms with van der Waals surface area (Å²) < 4.78 is 45.5. The van der Waals surface area contributed by atoms with Gasteiger partial charge in [-0.05, 0) is 43.0 Å². The van der Waals surface area contributed by atoms with Crippen LogP contribution in [0.1, 0.15) is 25.0 Å². The minimum Gasteiger partial charge on any atom is -0.383 e. The van der Waals surface area contributed by atoms with Gasteiger partial charge in [0.15, 0.2) is 0 Å². The normalized spacial score (nSPS) is 12.4. The molecule has 0 heterocycles. The molecule has 0 atom stereocenters. The first kappa shape index (κ1) is 18.1. The summed E-state index contributed by atoms with van der Waals surface area (Å²) in [6.45, 7) is 8.17. The third-order valence-electron chi connectivity index (χ3n) is 3.14. The van der Waals surface area contributed by atoms with Crippen molar-refractivity contribution < 1.29 is 17.5 Å². The molecular weight excluding hydrogens is 293 g/mol. The van der Waals surface area contributed by atoms with Crippen LogP contribution in [0.5, 0.6) is 0 Å². The van der Waals surface area contributed by atoms with Gasteiger partial charge in [0.2, 0.25) is 10.0 Å². The van der Waals surface area contributed by atoms with Crippen LogP contribution in [0.2, 0.25) is 0 Å². The Labute approximate surface area is 127 Å². The van der Waals surface area contributed by atoms with Crippen LogP contribution < -0.4 is 0 Å². The Kier molecular flexibility index (Phi) is 6.31. The molecule has 0 aliphatic heterocycles. The number of methoxy groups -OCH3 is 1. The van der Waals surface area contributed by atoms with Crippen molar-refractivity contribution in [2.75, 3.05) is 26.8 Å². The minimum atomic E-state index is -3.66. The van der Waals surface area contributed by atoms with Crippen LogP contribution in [0.3, 0.4) is 0 Å². The lowest BCUT2D eigenvalue weighted by Crippen LogP contribution is -2.37. The van der Waals surface area contributed by atoms with E-state index in [2.05, 4.69) is 0 Å². The standard InChI is InChI=1S/C15H24FNO3S/c1-11(2)10-17(6-7-20-5)21(18,19)15-12(3)8-14(16)9-13(15)4/h8-9,11H,6-7,10H2,1-5H3. The molecule has 0 aliphatic carbocycles. The predicted molar refractivity (Wildman–Crippen MR) is 81.3 cm³/mol. The summed E-state index contributed by atoms with van der Waals surface area (Å²) in [5.74, 6) is -0.228. The van der Waals surface area contributed by atoms with Gasteiger partial charge in [0.1, 0.15) is 5.82 Å². The van der Waals surface area contributed by atoms with Crippen molar-refractivity contribution >= 4 is 10.0 Å². The van der Waals surface area contributed by atoms with Crippen LogP contribution in [0.15, 0.2) is 17.0 Å². The van der Waals surface area contributed by atoms with E-state index in [0.717, 1.165) is 0 Å². The molecule has 0 aromatic heterocycles. The Morgan fingerprint density at radius 1 is 1.24 bits per heavy atom. The van der Waals surface area contributed by atoms with Crippen molar-refractivity contribution in [1.29, 1.82) is 0 Å². The lowest BCUT2D eigenvalue weighted by Gasteiger charge is -2.25. The number of rotatable bonds is 7. The number of hydrogen-bond acceptors (Lipinski definition) is 3. The predicted octanol–water partition coefficient (Wildman–Crippen LogP) is 2.74. The Balaban J connectivity index is 3.28. The van der Waals surface area contributed by atoms with Gasteiger partial charge in [-0.15, -0.1) is 0 Å². The van der Waals surface area contributed by atoms with Gasteiger partial charge in [-0.3, -0.25) is 0 Å². The zero-order valence-electron chi connectivity index (χ0n) is 13.3. The van der Waals surface area contributed by atoms with Gasteiger partial charge in [-0.25, -0.2) is 12.8 Å². The molecular formula is C15H24FNO3S. The highest BCUT2D eigenvalue weighted by molar-refractivity contribution is 7.89. The van der Waals surface area contributed by atoms with Crippen molar-refractivity contribution in [3.05, 3.63) is 29.1 Å². The summed E-state index contributed by atoms with van der Waals surface area (Å²) in [6.07, 6.45) is 0. The molecule has 21 heavy (non-hydrogen) atoms. The first-order valence-corrected chi connectivity index (χ1v) is 8.40. The van der Waals surface area contributed by atoms with Crippen LogP contribution in [0.4, 0.5) is 4.39 Å². The summed E-state index contributed by atoms with van der Waals surface area (Å²) in [7, 11) is -2.12. The van der Waals surface area contributed by atoms with Crippen molar-refractivity contribution in [1.82, 2.24) is 4.31 Å². The Hall–Kier alpha value is -0.980. The molecule has 0 unspecified atom stereocenters. The Morgan fingerprint density at radius 3 is 2.19 bits per heavy atom. The number of aryl methyl sites for hydroxylation is 2. The summed E-state index contributed by atoms with van der Waals surface area (Å²) in [5.41, 5.74) is 0.859. The molecule has 1 rings (SSSR count). The third kappa shape index (κ3) is 4.49. The summed E-state index contributed by atoms with van der Waals surface area (Å²) in [4.78, 5) is 0.195. The van der Waals surface area contributed by atoms with Gasteiger partial charge in [-0.1, -0.05) is 13.8 Å². The fourth-order valence-electron chi connectivity index (χ4n) is 2.34. The van der Waals surface area contributed by atoms with Gasteiger partial charge in [0, 0.05) is 20.2 Å². The molecule has 1 aromatic rings. The zero-order chi connectivity index (χ0) is 16.2. The molecule has 0 aliphatic rings. The van der Waals surface area contributed by atoms with Gasteiger partial charge in [-0.2, -0.15) is 4.31 Å². The smallest absolute Gasteiger partial charge is 0.243 e. The first-order valence-electron chi connectivity index (χ1n) is 6.96. The second-order valence-electron chi connectivity index (χ2n) is 5.62. The number of hydrogen-bond donors (Lipinski definition) is 0. The third-order valence-corrected chi connectivity index (χ3v) is 5.31. The molecule has 0 bridgehead atoms. The van der Waals surface area contributed by atoms with E-state index in [1.807, 2.05) is 13.8 Å². The van der Waals surface area contributed by atoms with Crippen molar-refractivity contribution in [3.63, 3.8) is 0 Å². The van der Waals surface area contributed by atoms with Crippen LogP contribution in [0.25, 0.3) is 0 Å². The molecule has 0 saturated heterocycles. The number of ether oxygens (including phenoxy) is 1. The number of benzene rings is 1. The van der Waals surface area contributed by atoms with E-state index in [0.29, 0.717) is 24.3 Å². The quantitative estimate of drug-likeness (QED) is 0.777. The minimum absolute atomic E-state index is 0.192. The van der Waals surface area contributed by atoms with Crippen LogP contribution >= 0.6 is 0 Å². The lowest BCUT2D eigenvalue weighted by atomic mass is 10.1. The molecule has 6 heteroatoms. The molecule has 4 nitrogen and oxygen atoms in total. The summed E-state index contributed by atoms with van der Waals surface area (Å²) in [5, 5.41) is 0. The summed E-state index contributed by atoms with van der Waals surface area (Å²) in [6, 6.07) is 2.51. The van der Waals surface area contributed by atoms with Crippen LogP contribution in [-0.4, -0.2) is 39.5 Å². The zero-order valence-corrected chi connectivity index (χ0v) is 14.1. The monoisotopic (exact) mass is 317 g/mol. The van der Waals surface area contributed by atoms with E-state index in [4.69, 9.17) is 4.74 Å². The maximum atomic E-state index is 13.4. The maximum Gasteiger partial charge on any atom is 0.243 e. The molecule has 0 spiro atoms. The van der Waals surface area contributed by atoms with Gasteiger partial charge in [0.05, 0.1) is 11.5 Å². The fourth-order valence-corrected chi connectivity index (χ4v) is 4.34. The maximum absolute atomic E-state index is 13.4. The number of nitrogens with zero attached hydrogens (tertiary/aromatic N) is 1. The SMILES string of the molecule is COCCN(CC(C)C)S(=O)(=O)c1c(C)cc(F)cc1C. The van der Waals surface area contributed by atoms with E-state index in [1.54, 1.807) is 13.8 Å². The largest absolute Gasteiger partial charge is 0.383 e. The van der Waals surface area contributed by atoms with E-state index in [1.165, 1.54) is 23.5 Å². The van der Waals surface area contributed by atoms with Crippen molar-refractivity contribution in [2.45, 2.75) is 32.6 Å². The van der Waals surface area contributed by atoms with E-state index in [-0.39, 0.29) is 17.4 Å². The highest BCUT2D eigenvalue weighted by Crippen LogP contribution is 2.25.